The zero-order valence-electron chi connectivity index (χ0n) is 14.6. The Morgan fingerprint density at radius 3 is 2.46 bits per heavy atom. The fourth-order valence-electron chi connectivity index (χ4n) is 3.91. The van der Waals surface area contributed by atoms with Gasteiger partial charge in [0.25, 0.3) is 0 Å². The number of benzene rings is 1. The van der Waals surface area contributed by atoms with E-state index in [0.717, 1.165) is 24.3 Å². The highest BCUT2D eigenvalue weighted by atomic mass is 127. The van der Waals surface area contributed by atoms with Gasteiger partial charge in [-0.25, -0.2) is 0 Å². The molecule has 3 rings (SSSR count). The topological polar surface area (TPSA) is 36.9 Å². The quantitative estimate of drug-likeness (QED) is 0.328. The van der Waals surface area contributed by atoms with Gasteiger partial charge in [0.1, 0.15) is 0 Å². The van der Waals surface area contributed by atoms with Crippen LogP contribution >= 0.6 is 24.0 Å². The summed E-state index contributed by atoms with van der Waals surface area (Å²) in [5.74, 6) is 2.82. The molecule has 0 aromatic heterocycles. The molecule has 134 valence electrons. The summed E-state index contributed by atoms with van der Waals surface area (Å²) >= 11 is 0. The average Bonchev–Trinajstić information content (AvgIpc) is 3.03. The van der Waals surface area contributed by atoms with E-state index in [1.165, 1.54) is 44.3 Å². The van der Waals surface area contributed by atoms with Crippen molar-refractivity contribution in [2.45, 2.75) is 32.3 Å². The Kier molecular flexibility index (Phi) is 8.32. The lowest BCUT2D eigenvalue weighted by Gasteiger charge is -2.22. The highest BCUT2D eigenvalue weighted by Gasteiger charge is 2.35. The van der Waals surface area contributed by atoms with E-state index in [0.29, 0.717) is 13.2 Å². The van der Waals surface area contributed by atoms with E-state index in [1.54, 1.807) is 0 Å². The number of rotatable bonds is 5. The van der Waals surface area contributed by atoms with Crippen molar-refractivity contribution in [3.05, 3.63) is 35.9 Å². The smallest absolute Gasteiger partial charge is 0.193 e. The predicted molar refractivity (Wildman–Crippen MR) is 110 cm³/mol. The van der Waals surface area contributed by atoms with E-state index in [1.807, 2.05) is 25.2 Å². The maximum atomic E-state index is 5.74. The number of fused-ring (bicyclic) bond motifs is 1. The van der Waals surface area contributed by atoms with Crippen molar-refractivity contribution in [3.63, 3.8) is 0 Å². The lowest BCUT2D eigenvalue weighted by Crippen LogP contribution is -2.41. The molecule has 0 radical (unpaired) electrons. The third-order valence-corrected chi connectivity index (χ3v) is 5.13. The van der Waals surface area contributed by atoms with Crippen molar-refractivity contribution in [2.24, 2.45) is 16.8 Å². The second kappa shape index (κ2) is 10.2. The van der Waals surface area contributed by atoms with Gasteiger partial charge in [0.05, 0.1) is 13.2 Å². The third kappa shape index (κ3) is 5.34. The molecule has 0 spiro atoms. The Morgan fingerprint density at radius 1 is 1.17 bits per heavy atom. The summed E-state index contributed by atoms with van der Waals surface area (Å²) < 4.78 is 5.74. The number of nitrogens with one attached hydrogen (secondary N) is 1. The van der Waals surface area contributed by atoms with Gasteiger partial charge in [0.2, 0.25) is 0 Å². The summed E-state index contributed by atoms with van der Waals surface area (Å²) in [7, 11) is 1.88. The minimum Gasteiger partial charge on any atom is -0.375 e. The average molecular weight is 443 g/mol. The van der Waals surface area contributed by atoms with Crippen molar-refractivity contribution < 1.29 is 4.74 Å². The van der Waals surface area contributed by atoms with Crippen molar-refractivity contribution in [3.8, 4) is 0 Å². The summed E-state index contributed by atoms with van der Waals surface area (Å²) in [5, 5.41) is 3.46. The van der Waals surface area contributed by atoms with Crippen molar-refractivity contribution in [2.75, 3.05) is 33.3 Å². The van der Waals surface area contributed by atoms with Crippen molar-refractivity contribution >= 4 is 29.9 Å². The van der Waals surface area contributed by atoms with Crippen LogP contribution in [0.2, 0.25) is 0 Å². The molecule has 0 amide bonds. The molecule has 1 aromatic carbocycles. The Bertz CT molecular complexity index is 495. The highest BCUT2D eigenvalue weighted by molar-refractivity contribution is 14.0. The number of aliphatic imine (C=N–C) groups is 1. The molecule has 1 saturated carbocycles. The minimum absolute atomic E-state index is 0. The second-order valence-corrected chi connectivity index (χ2v) is 6.72. The van der Waals surface area contributed by atoms with Gasteiger partial charge in [-0.3, -0.25) is 4.99 Å². The summed E-state index contributed by atoms with van der Waals surface area (Å²) in [6, 6.07) is 10.3. The third-order valence-electron chi connectivity index (χ3n) is 5.13. The molecule has 24 heavy (non-hydrogen) atoms. The number of ether oxygens (including phenoxy) is 1. The molecule has 0 bridgehead atoms. The van der Waals surface area contributed by atoms with E-state index in [4.69, 9.17) is 4.74 Å². The number of hydrogen-bond acceptors (Lipinski definition) is 2. The molecule has 4 nitrogen and oxygen atoms in total. The first-order chi connectivity index (χ1) is 11.4. The van der Waals surface area contributed by atoms with E-state index in [-0.39, 0.29) is 24.0 Å². The van der Waals surface area contributed by atoms with Gasteiger partial charge in [-0.15, -0.1) is 24.0 Å². The number of likely N-dealkylation sites (tertiary alicyclic amines) is 1. The van der Waals surface area contributed by atoms with Gasteiger partial charge in [-0.2, -0.15) is 0 Å². The lowest BCUT2D eigenvalue weighted by atomic mass is 9.82. The van der Waals surface area contributed by atoms with Crippen LogP contribution in [0.4, 0.5) is 0 Å². The van der Waals surface area contributed by atoms with E-state index < -0.39 is 0 Å². The summed E-state index contributed by atoms with van der Waals surface area (Å²) in [6.45, 7) is 4.54. The Morgan fingerprint density at radius 2 is 1.83 bits per heavy atom. The molecule has 1 heterocycles. The highest BCUT2D eigenvalue weighted by Crippen LogP contribution is 2.35. The summed E-state index contributed by atoms with van der Waals surface area (Å²) in [5.41, 5.74) is 1.22. The maximum absolute atomic E-state index is 5.74. The van der Waals surface area contributed by atoms with Crippen molar-refractivity contribution in [1.29, 1.82) is 0 Å². The van der Waals surface area contributed by atoms with Crippen LogP contribution in [0, 0.1) is 11.8 Å². The van der Waals surface area contributed by atoms with Crippen LogP contribution < -0.4 is 5.32 Å². The predicted octanol–water partition coefficient (Wildman–Crippen LogP) is 3.52. The van der Waals surface area contributed by atoms with Crippen molar-refractivity contribution in [1.82, 2.24) is 10.2 Å². The van der Waals surface area contributed by atoms with Crippen LogP contribution in [0.3, 0.4) is 0 Å². The molecule has 5 heteroatoms. The Labute approximate surface area is 163 Å². The normalized spacial score (nSPS) is 23.5. The van der Waals surface area contributed by atoms with Gasteiger partial charge in [0, 0.05) is 26.7 Å². The van der Waals surface area contributed by atoms with Crippen LogP contribution in [0.1, 0.15) is 31.2 Å². The summed E-state index contributed by atoms with van der Waals surface area (Å²) in [4.78, 5) is 6.90. The fourth-order valence-corrected chi connectivity index (χ4v) is 3.91. The molecular weight excluding hydrogens is 413 g/mol. The monoisotopic (exact) mass is 443 g/mol. The van der Waals surface area contributed by atoms with Gasteiger partial charge in [-0.05, 0) is 30.2 Å². The summed E-state index contributed by atoms with van der Waals surface area (Å²) in [6.07, 6.45) is 5.62. The fraction of sp³-hybridized carbons (Fsp3) is 0.632. The first-order valence-electron chi connectivity index (χ1n) is 8.94. The van der Waals surface area contributed by atoms with Crippen LogP contribution in [0.15, 0.2) is 35.3 Å². The first-order valence-corrected chi connectivity index (χ1v) is 8.94. The van der Waals surface area contributed by atoms with Gasteiger partial charge >= 0.3 is 0 Å². The molecule has 2 atom stereocenters. The van der Waals surface area contributed by atoms with E-state index in [2.05, 4.69) is 27.3 Å². The lowest BCUT2D eigenvalue weighted by molar-refractivity contribution is 0.125. The zero-order chi connectivity index (χ0) is 15.9. The molecule has 2 aliphatic rings. The molecule has 1 N–H and O–H groups in total. The first kappa shape index (κ1) is 19.5. The standard InChI is InChI=1S/C19H29N3O.HI/c1-20-19(22-13-17-9-5-6-10-18(17)14-22)21-11-12-23-15-16-7-3-2-4-8-16;/h2-4,7-8,17-18H,5-6,9-15H2,1H3,(H,20,21);1H. The Balaban J connectivity index is 0.00000208. The Hall–Kier alpha value is -0.820. The van der Waals surface area contributed by atoms with Crippen LogP contribution in [0.5, 0.6) is 0 Å². The second-order valence-electron chi connectivity index (χ2n) is 6.72. The minimum atomic E-state index is 0. The number of halogens is 1. The maximum Gasteiger partial charge on any atom is 0.193 e. The van der Waals surface area contributed by atoms with Crippen LogP contribution in [0.25, 0.3) is 0 Å². The molecule has 2 fully saturated rings. The SMILES string of the molecule is CN=C(NCCOCc1ccccc1)N1CC2CCCCC2C1.I. The van der Waals surface area contributed by atoms with Crippen LogP contribution in [-0.4, -0.2) is 44.1 Å². The zero-order valence-corrected chi connectivity index (χ0v) is 16.9. The van der Waals surface area contributed by atoms with Gasteiger partial charge in [-0.1, -0.05) is 43.2 Å². The number of hydrogen-bond donors (Lipinski definition) is 1. The van der Waals surface area contributed by atoms with Crippen LogP contribution in [-0.2, 0) is 11.3 Å². The number of guanidine groups is 1. The van der Waals surface area contributed by atoms with E-state index >= 15 is 0 Å². The van der Waals surface area contributed by atoms with E-state index in [9.17, 15) is 0 Å². The number of nitrogens with zero attached hydrogens (tertiary/aromatic N) is 2. The molecule has 1 aliphatic heterocycles. The molecule has 2 unspecified atom stereocenters. The molecule has 1 aromatic rings. The molecule has 1 saturated heterocycles. The molecule has 1 aliphatic carbocycles. The molecular formula is C19H30IN3O. The largest absolute Gasteiger partial charge is 0.375 e. The van der Waals surface area contributed by atoms with Gasteiger partial charge < -0.3 is 15.0 Å². The van der Waals surface area contributed by atoms with Gasteiger partial charge in [0.15, 0.2) is 5.96 Å².